The van der Waals surface area contributed by atoms with Crippen molar-refractivity contribution in [2.45, 2.75) is 53.1 Å². The largest absolute Gasteiger partial charge is 0.355 e. The second-order valence-corrected chi connectivity index (χ2v) is 10.1. The van der Waals surface area contributed by atoms with Gasteiger partial charge in [-0.2, -0.15) is 5.26 Å². The van der Waals surface area contributed by atoms with Crippen LogP contribution in [0, 0.1) is 18.3 Å². The first kappa shape index (κ1) is 24.5. The number of thiocarbonyl (C=S) groups is 1. The zero-order valence-electron chi connectivity index (χ0n) is 19.5. The van der Waals surface area contributed by atoms with Crippen molar-refractivity contribution in [2.75, 3.05) is 38.1 Å². The van der Waals surface area contributed by atoms with Crippen LogP contribution in [-0.2, 0) is 11.3 Å². The van der Waals surface area contributed by atoms with E-state index >= 15 is 0 Å². The predicted molar refractivity (Wildman–Crippen MR) is 135 cm³/mol. The number of hydrogen-bond donors (Lipinski definition) is 0. The zero-order valence-corrected chi connectivity index (χ0v) is 21.1. The van der Waals surface area contributed by atoms with Crippen LogP contribution in [0.4, 0.5) is 5.82 Å². The molecule has 0 aliphatic carbocycles. The molecule has 3 rings (SSSR count). The van der Waals surface area contributed by atoms with Gasteiger partial charge in [-0.15, -0.1) is 0 Å². The average molecular weight is 474 g/mol. The molecule has 1 aromatic heterocycles. The Hall–Kier alpha value is -2.15. The van der Waals surface area contributed by atoms with Crippen LogP contribution in [0.2, 0.25) is 0 Å². The maximum Gasteiger partial charge on any atom is 0.270 e. The summed E-state index contributed by atoms with van der Waals surface area (Å²) < 4.78 is 2.27. The van der Waals surface area contributed by atoms with Gasteiger partial charge in [-0.05, 0) is 45.4 Å². The summed E-state index contributed by atoms with van der Waals surface area (Å²) in [6, 6.07) is 2.13. The number of anilines is 1. The molecule has 2 aliphatic heterocycles. The molecule has 0 spiro atoms. The third-order valence-corrected chi connectivity index (χ3v) is 7.56. The standard InChI is InChI=1S/C23H31N5O2S2/c1-6-8-27-20(26-11-9-25(5)10-12-26)17(16(4)18(14-24)21(27)29)13-19-22(30)28(15(3)7-2)23(31)32-19/h13,15H,6-12H2,1-5H3/b19-13+. The normalized spacial score (nSPS) is 19.7. The predicted octanol–water partition coefficient (Wildman–Crippen LogP) is 3.19. The minimum Gasteiger partial charge on any atom is -0.355 e. The Bertz CT molecular complexity index is 1050. The van der Waals surface area contributed by atoms with Gasteiger partial charge in [0.2, 0.25) is 0 Å². The monoisotopic (exact) mass is 473 g/mol. The van der Waals surface area contributed by atoms with E-state index in [4.69, 9.17) is 12.2 Å². The maximum atomic E-state index is 13.2. The lowest BCUT2D eigenvalue weighted by Crippen LogP contribution is -2.47. The van der Waals surface area contributed by atoms with Crippen LogP contribution in [0.1, 0.15) is 50.3 Å². The van der Waals surface area contributed by atoms with Crippen LogP contribution in [0.3, 0.4) is 0 Å². The molecule has 2 saturated heterocycles. The van der Waals surface area contributed by atoms with Crippen LogP contribution in [0.5, 0.6) is 0 Å². The number of aromatic nitrogens is 1. The van der Waals surface area contributed by atoms with Gasteiger partial charge in [0.15, 0.2) is 0 Å². The van der Waals surface area contributed by atoms with Gasteiger partial charge in [0.25, 0.3) is 11.5 Å². The van der Waals surface area contributed by atoms with Gasteiger partial charge in [-0.3, -0.25) is 19.1 Å². The van der Waals surface area contributed by atoms with E-state index < -0.39 is 0 Å². The molecule has 7 nitrogen and oxygen atoms in total. The van der Waals surface area contributed by atoms with Crippen molar-refractivity contribution in [1.29, 1.82) is 5.26 Å². The molecule has 0 radical (unpaired) electrons. The third-order valence-electron chi connectivity index (χ3n) is 6.23. The molecule has 2 fully saturated rings. The molecule has 1 amide bonds. The van der Waals surface area contributed by atoms with E-state index in [0.717, 1.165) is 50.4 Å². The first-order valence-corrected chi connectivity index (χ1v) is 12.4. The highest BCUT2D eigenvalue weighted by Gasteiger charge is 2.35. The summed E-state index contributed by atoms with van der Waals surface area (Å²) >= 11 is 6.79. The number of thioether (sulfide) groups is 1. The Morgan fingerprint density at radius 2 is 1.88 bits per heavy atom. The van der Waals surface area contributed by atoms with Crippen LogP contribution < -0.4 is 10.5 Å². The molecule has 0 N–H and O–H groups in total. The number of nitriles is 1. The van der Waals surface area contributed by atoms with Crippen molar-refractivity contribution >= 4 is 46.1 Å². The average Bonchev–Trinajstić information content (AvgIpc) is 3.05. The molecule has 0 aromatic carbocycles. The Morgan fingerprint density at radius 3 is 2.44 bits per heavy atom. The smallest absolute Gasteiger partial charge is 0.270 e. The quantitative estimate of drug-likeness (QED) is 0.464. The molecular formula is C23H31N5O2S2. The number of likely N-dealkylation sites (N-methyl/N-ethyl adjacent to an activating group) is 1. The first-order chi connectivity index (χ1) is 15.2. The molecule has 1 atom stereocenters. The SMILES string of the molecule is CCCn1c(N2CCN(C)CC2)c(/C=C2/SC(=S)N(C(C)CC)C2=O)c(C)c(C#N)c1=O. The topological polar surface area (TPSA) is 72.6 Å². The number of carbonyl (C=O) groups is 1. The van der Waals surface area contributed by atoms with E-state index in [1.54, 1.807) is 16.4 Å². The molecule has 32 heavy (non-hydrogen) atoms. The summed E-state index contributed by atoms with van der Waals surface area (Å²) in [5.74, 6) is 0.695. The molecule has 9 heteroatoms. The molecular weight excluding hydrogens is 442 g/mol. The van der Waals surface area contributed by atoms with Crippen LogP contribution in [0.25, 0.3) is 6.08 Å². The van der Waals surface area contributed by atoms with Gasteiger partial charge in [-0.25, -0.2) is 0 Å². The molecule has 2 aliphatic rings. The lowest BCUT2D eigenvalue weighted by Gasteiger charge is -2.36. The van der Waals surface area contributed by atoms with E-state index in [0.29, 0.717) is 21.3 Å². The maximum absolute atomic E-state index is 13.2. The fourth-order valence-electron chi connectivity index (χ4n) is 4.11. The van der Waals surface area contributed by atoms with Gasteiger partial charge >= 0.3 is 0 Å². The van der Waals surface area contributed by atoms with Crippen LogP contribution in [-0.4, -0.2) is 63.9 Å². The van der Waals surface area contributed by atoms with Gasteiger partial charge in [0, 0.05) is 44.3 Å². The summed E-state index contributed by atoms with van der Waals surface area (Å²) in [5, 5.41) is 9.75. The van der Waals surface area contributed by atoms with Crippen molar-refractivity contribution < 1.29 is 4.79 Å². The number of hydrogen-bond acceptors (Lipinski definition) is 7. The van der Waals surface area contributed by atoms with Crippen LogP contribution in [0.15, 0.2) is 9.70 Å². The summed E-state index contributed by atoms with van der Waals surface area (Å²) in [6.07, 6.45) is 3.42. The Morgan fingerprint density at radius 1 is 1.22 bits per heavy atom. The van der Waals surface area contributed by atoms with Crippen molar-refractivity contribution in [3.63, 3.8) is 0 Å². The summed E-state index contributed by atoms with van der Waals surface area (Å²) in [7, 11) is 2.08. The molecule has 172 valence electrons. The number of piperazine rings is 1. The fourth-order valence-corrected chi connectivity index (χ4v) is 5.55. The van der Waals surface area contributed by atoms with Crippen molar-refractivity contribution in [1.82, 2.24) is 14.4 Å². The minimum absolute atomic E-state index is 0.0234. The highest BCUT2D eigenvalue weighted by Crippen LogP contribution is 2.37. The molecule has 0 bridgehead atoms. The van der Waals surface area contributed by atoms with Crippen molar-refractivity contribution in [2.24, 2.45) is 0 Å². The number of carbonyl (C=O) groups excluding carboxylic acids is 1. The molecule has 0 saturated carbocycles. The number of nitrogens with zero attached hydrogens (tertiary/aromatic N) is 5. The van der Waals surface area contributed by atoms with Gasteiger partial charge in [0.1, 0.15) is 21.8 Å². The Kier molecular flexibility index (Phi) is 7.80. The highest BCUT2D eigenvalue weighted by atomic mass is 32.2. The van der Waals surface area contributed by atoms with Crippen LogP contribution >= 0.6 is 24.0 Å². The second kappa shape index (κ2) is 10.2. The molecule has 1 aromatic rings. The number of rotatable bonds is 6. The van der Waals surface area contributed by atoms with E-state index in [9.17, 15) is 14.9 Å². The van der Waals surface area contributed by atoms with E-state index in [-0.39, 0.29) is 23.1 Å². The second-order valence-electron chi connectivity index (χ2n) is 8.41. The third kappa shape index (κ3) is 4.49. The van der Waals surface area contributed by atoms with E-state index in [1.807, 2.05) is 26.8 Å². The summed E-state index contributed by atoms with van der Waals surface area (Å²) in [4.78, 5) is 33.1. The number of pyridine rings is 1. The van der Waals surface area contributed by atoms with Gasteiger partial charge in [0.05, 0.1) is 4.91 Å². The summed E-state index contributed by atoms with van der Waals surface area (Å²) in [6.45, 7) is 11.7. The Labute approximate surface area is 199 Å². The zero-order chi connectivity index (χ0) is 23.6. The fraction of sp³-hybridized carbons (Fsp3) is 0.565. The first-order valence-electron chi connectivity index (χ1n) is 11.1. The lowest BCUT2D eigenvalue weighted by molar-refractivity contribution is -0.123. The van der Waals surface area contributed by atoms with Crippen molar-refractivity contribution in [3.8, 4) is 6.07 Å². The van der Waals surface area contributed by atoms with E-state index in [1.165, 1.54) is 11.8 Å². The Balaban J connectivity index is 2.22. The number of amides is 1. The lowest BCUT2D eigenvalue weighted by atomic mass is 10.0. The van der Waals surface area contributed by atoms with E-state index in [2.05, 4.69) is 22.9 Å². The molecule has 3 heterocycles. The van der Waals surface area contributed by atoms with Crippen molar-refractivity contribution in [3.05, 3.63) is 31.9 Å². The minimum atomic E-state index is -0.259. The van der Waals surface area contributed by atoms with Gasteiger partial charge < -0.3 is 9.80 Å². The highest BCUT2D eigenvalue weighted by molar-refractivity contribution is 8.26. The van der Waals surface area contributed by atoms with Gasteiger partial charge in [-0.1, -0.05) is 37.8 Å². The summed E-state index contributed by atoms with van der Waals surface area (Å²) in [5.41, 5.74) is 1.27. The molecule has 1 unspecified atom stereocenters.